The summed E-state index contributed by atoms with van der Waals surface area (Å²) in [4.78, 5) is 11.2. The molecule has 3 nitrogen and oxygen atoms in total. The highest BCUT2D eigenvalue weighted by Crippen LogP contribution is 2.25. The molecule has 1 amide bonds. The van der Waals surface area contributed by atoms with E-state index in [-0.39, 0.29) is 5.91 Å². The fraction of sp³-hybridized carbons (Fsp3) is 0.364. The highest BCUT2D eigenvalue weighted by Gasteiger charge is 2.20. The first-order valence-corrected chi connectivity index (χ1v) is 4.91. The summed E-state index contributed by atoms with van der Waals surface area (Å²) in [7, 11) is 0. The number of nitrogens with two attached hydrogens (primary N) is 1. The molecule has 0 aromatic heterocycles. The monoisotopic (exact) mass is 190 g/mol. The molecule has 1 aliphatic rings. The van der Waals surface area contributed by atoms with Crippen LogP contribution in [0, 0.1) is 0 Å². The summed E-state index contributed by atoms with van der Waals surface area (Å²) in [5.41, 5.74) is 7.00. The zero-order valence-corrected chi connectivity index (χ0v) is 7.99. The molecule has 0 spiro atoms. The maximum absolute atomic E-state index is 11.2. The van der Waals surface area contributed by atoms with E-state index in [2.05, 4.69) is 5.32 Å². The number of carbonyl (C=O) groups excluding carboxylic acids is 1. The van der Waals surface area contributed by atoms with Crippen molar-refractivity contribution >= 4 is 5.91 Å². The van der Waals surface area contributed by atoms with Gasteiger partial charge in [0.15, 0.2) is 0 Å². The topological polar surface area (TPSA) is 55.1 Å². The van der Waals surface area contributed by atoms with Gasteiger partial charge in [0.1, 0.15) is 0 Å². The van der Waals surface area contributed by atoms with Crippen molar-refractivity contribution in [3.8, 4) is 0 Å². The minimum Gasteiger partial charge on any atom is -0.366 e. The highest BCUT2D eigenvalue weighted by molar-refractivity contribution is 5.94. The Balaban J connectivity index is 2.35. The average Bonchev–Trinajstić information content (AvgIpc) is 2.70. The summed E-state index contributed by atoms with van der Waals surface area (Å²) in [6.07, 6.45) is 2.25. The lowest BCUT2D eigenvalue weighted by Crippen LogP contribution is -2.19. The summed E-state index contributed by atoms with van der Waals surface area (Å²) >= 11 is 0. The van der Waals surface area contributed by atoms with Crippen molar-refractivity contribution in [1.82, 2.24) is 5.32 Å². The lowest BCUT2D eigenvalue weighted by Gasteiger charge is -2.13. The summed E-state index contributed by atoms with van der Waals surface area (Å²) < 4.78 is 0. The van der Waals surface area contributed by atoms with Gasteiger partial charge >= 0.3 is 0 Å². The van der Waals surface area contributed by atoms with Crippen LogP contribution in [0.15, 0.2) is 24.3 Å². The highest BCUT2D eigenvalue weighted by atomic mass is 16.1. The third kappa shape index (κ3) is 1.63. The second-order valence-electron chi connectivity index (χ2n) is 3.60. The van der Waals surface area contributed by atoms with Gasteiger partial charge in [-0.2, -0.15) is 0 Å². The van der Waals surface area contributed by atoms with Crippen molar-refractivity contribution in [3.05, 3.63) is 35.4 Å². The Morgan fingerprint density at radius 3 is 2.86 bits per heavy atom. The summed E-state index contributed by atoms with van der Waals surface area (Å²) in [6.45, 7) is 1.03. The normalized spacial score (nSPS) is 21.0. The number of nitrogens with one attached hydrogen (secondary N) is 1. The molecule has 74 valence electrons. The first kappa shape index (κ1) is 9.21. The molecule has 0 radical (unpaired) electrons. The van der Waals surface area contributed by atoms with Gasteiger partial charge in [0.05, 0.1) is 0 Å². The predicted octanol–water partition coefficient (Wildman–Crippen LogP) is 1.21. The van der Waals surface area contributed by atoms with Crippen molar-refractivity contribution in [2.75, 3.05) is 6.54 Å². The Morgan fingerprint density at radius 1 is 1.43 bits per heavy atom. The number of hydrogen-bond acceptors (Lipinski definition) is 2. The van der Waals surface area contributed by atoms with E-state index >= 15 is 0 Å². The van der Waals surface area contributed by atoms with Crippen molar-refractivity contribution in [2.45, 2.75) is 18.9 Å². The lowest BCUT2D eigenvalue weighted by molar-refractivity contribution is 0.0999. The van der Waals surface area contributed by atoms with Gasteiger partial charge in [-0.15, -0.1) is 0 Å². The Morgan fingerprint density at radius 2 is 2.21 bits per heavy atom. The summed E-state index contributed by atoms with van der Waals surface area (Å²) in [5, 5.41) is 3.36. The second-order valence-corrected chi connectivity index (χ2v) is 3.60. The van der Waals surface area contributed by atoms with Crippen LogP contribution in [0.2, 0.25) is 0 Å². The molecule has 1 saturated heterocycles. The number of rotatable bonds is 2. The first-order valence-electron chi connectivity index (χ1n) is 4.91. The Hall–Kier alpha value is -1.35. The number of benzene rings is 1. The standard InChI is InChI=1S/C11H14N2O/c12-11(14)9-5-2-1-4-8(9)10-6-3-7-13-10/h1-2,4-5,10,13H,3,6-7H2,(H2,12,14)/t10-/m0/s1. The van der Waals surface area contributed by atoms with E-state index in [1.807, 2.05) is 18.2 Å². The molecule has 2 rings (SSSR count). The maximum Gasteiger partial charge on any atom is 0.249 e. The molecule has 0 unspecified atom stereocenters. The average molecular weight is 190 g/mol. The van der Waals surface area contributed by atoms with Crippen LogP contribution in [-0.4, -0.2) is 12.5 Å². The quantitative estimate of drug-likeness (QED) is 0.736. The van der Waals surface area contributed by atoms with E-state index in [9.17, 15) is 4.79 Å². The van der Waals surface area contributed by atoms with Gasteiger partial charge in [-0.25, -0.2) is 0 Å². The van der Waals surface area contributed by atoms with Gasteiger partial charge < -0.3 is 11.1 Å². The maximum atomic E-state index is 11.2. The van der Waals surface area contributed by atoms with E-state index in [1.165, 1.54) is 0 Å². The van der Waals surface area contributed by atoms with Gasteiger partial charge in [-0.05, 0) is 31.0 Å². The van der Waals surface area contributed by atoms with Crippen LogP contribution in [0.1, 0.15) is 34.8 Å². The molecule has 1 fully saturated rings. The minimum absolute atomic E-state index is 0.304. The number of carbonyl (C=O) groups is 1. The zero-order chi connectivity index (χ0) is 9.97. The van der Waals surface area contributed by atoms with Crippen molar-refractivity contribution in [3.63, 3.8) is 0 Å². The molecule has 1 atom stereocenters. The molecule has 1 heterocycles. The Labute approximate surface area is 83.3 Å². The number of amides is 1. The van der Waals surface area contributed by atoms with Crippen LogP contribution in [0.5, 0.6) is 0 Å². The summed E-state index contributed by atoms with van der Waals surface area (Å²) in [5.74, 6) is -0.339. The van der Waals surface area contributed by atoms with E-state index < -0.39 is 0 Å². The van der Waals surface area contributed by atoms with Crippen LogP contribution in [0.3, 0.4) is 0 Å². The molecule has 1 aromatic rings. The lowest BCUT2D eigenvalue weighted by atomic mass is 9.99. The molecular formula is C11H14N2O. The SMILES string of the molecule is NC(=O)c1ccccc1[C@@H]1CCCN1. The smallest absolute Gasteiger partial charge is 0.249 e. The predicted molar refractivity (Wildman–Crippen MR) is 54.9 cm³/mol. The van der Waals surface area contributed by atoms with Crippen molar-refractivity contribution < 1.29 is 4.79 Å². The van der Waals surface area contributed by atoms with Gasteiger partial charge in [-0.3, -0.25) is 4.79 Å². The number of hydrogen-bond donors (Lipinski definition) is 2. The van der Waals surface area contributed by atoms with Crippen molar-refractivity contribution in [1.29, 1.82) is 0 Å². The molecule has 14 heavy (non-hydrogen) atoms. The molecule has 0 aliphatic carbocycles. The van der Waals surface area contributed by atoms with Gasteiger partial charge in [0, 0.05) is 11.6 Å². The van der Waals surface area contributed by atoms with Crippen LogP contribution in [0.4, 0.5) is 0 Å². The molecule has 0 saturated carbocycles. The van der Waals surface area contributed by atoms with Crippen molar-refractivity contribution in [2.24, 2.45) is 5.73 Å². The third-order valence-electron chi connectivity index (χ3n) is 2.66. The number of primary amides is 1. The first-order chi connectivity index (χ1) is 6.79. The van der Waals surface area contributed by atoms with Crippen LogP contribution < -0.4 is 11.1 Å². The third-order valence-corrected chi connectivity index (χ3v) is 2.66. The fourth-order valence-electron chi connectivity index (χ4n) is 1.98. The fourth-order valence-corrected chi connectivity index (χ4v) is 1.98. The minimum atomic E-state index is -0.339. The Kier molecular flexibility index (Phi) is 2.50. The molecule has 1 aliphatic heterocycles. The largest absolute Gasteiger partial charge is 0.366 e. The van der Waals surface area contributed by atoms with Gasteiger partial charge in [-0.1, -0.05) is 18.2 Å². The zero-order valence-electron chi connectivity index (χ0n) is 7.99. The second kappa shape index (κ2) is 3.80. The van der Waals surface area contributed by atoms with Gasteiger partial charge in [0.2, 0.25) is 5.91 Å². The van der Waals surface area contributed by atoms with E-state index in [4.69, 9.17) is 5.73 Å². The molecular weight excluding hydrogens is 176 g/mol. The van der Waals surface area contributed by atoms with Gasteiger partial charge in [0.25, 0.3) is 0 Å². The van der Waals surface area contributed by atoms with E-state index in [0.29, 0.717) is 11.6 Å². The molecule has 3 N–H and O–H groups in total. The molecule has 3 heteroatoms. The molecule has 1 aromatic carbocycles. The Bertz CT molecular complexity index is 343. The van der Waals surface area contributed by atoms with E-state index in [0.717, 1.165) is 24.9 Å². The van der Waals surface area contributed by atoms with Crippen LogP contribution in [0.25, 0.3) is 0 Å². The summed E-state index contributed by atoms with van der Waals surface area (Å²) in [6, 6.07) is 7.86. The van der Waals surface area contributed by atoms with E-state index in [1.54, 1.807) is 6.07 Å². The van der Waals surface area contributed by atoms with Crippen LogP contribution in [-0.2, 0) is 0 Å². The molecule has 0 bridgehead atoms. The van der Waals surface area contributed by atoms with Crippen LogP contribution >= 0.6 is 0 Å².